The normalized spacial score (nSPS) is 26.6. The predicted octanol–water partition coefficient (Wildman–Crippen LogP) is 4.99. The Bertz CT molecular complexity index is 1710. The number of carbonyl (C=O) groups excluding carboxylic acids is 1. The lowest BCUT2D eigenvalue weighted by atomic mass is 9.86. The molecule has 198 valence electrons. The minimum atomic E-state index is -4.03. The monoisotopic (exact) mass is 526 g/mol. The molecular formula is C28H30F3NO5. The molecule has 2 aliphatic rings. The van der Waals surface area contributed by atoms with E-state index < -0.39 is 91.9 Å². The number of aromatic nitrogens is 1. The average Bonchev–Trinajstić information content (AvgIpc) is 3.20. The van der Waals surface area contributed by atoms with Gasteiger partial charge in [-0.05, 0) is 60.6 Å². The molecule has 1 saturated carbocycles. The Morgan fingerprint density at radius 3 is 2.65 bits per heavy atom. The highest BCUT2D eigenvalue weighted by Gasteiger charge is 2.52. The third-order valence-corrected chi connectivity index (χ3v) is 6.66. The van der Waals surface area contributed by atoms with Crippen molar-refractivity contribution in [1.29, 1.82) is 0 Å². The number of benzene rings is 2. The number of ketones is 1. The zero-order valence-corrected chi connectivity index (χ0v) is 19.9. The number of aliphatic hydroxyl groups is 2. The highest BCUT2D eigenvalue weighted by Crippen LogP contribution is 2.52. The van der Waals surface area contributed by atoms with E-state index in [1.807, 2.05) is 0 Å². The zero-order chi connectivity index (χ0) is 34.6. The van der Waals surface area contributed by atoms with Crippen LogP contribution in [0.15, 0.2) is 36.4 Å². The van der Waals surface area contributed by atoms with Gasteiger partial charge in [0.2, 0.25) is 0 Å². The summed E-state index contributed by atoms with van der Waals surface area (Å²) in [5.74, 6) is -3.13. The van der Waals surface area contributed by atoms with Gasteiger partial charge in [0.1, 0.15) is 11.6 Å². The first-order chi connectivity index (χ1) is 20.9. The molecule has 9 heteroatoms. The van der Waals surface area contributed by atoms with Crippen molar-refractivity contribution in [2.75, 3.05) is 6.61 Å². The molecule has 2 atom stereocenters. The second-order valence-corrected chi connectivity index (χ2v) is 9.28. The summed E-state index contributed by atoms with van der Waals surface area (Å²) in [4.78, 5) is 13.9. The van der Waals surface area contributed by atoms with Gasteiger partial charge in [-0.2, -0.15) is 0 Å². The van der Waals surface area contributed by atoms with Crippen molar-refractivity contribution in [2.45, 2.75) is 76.0 Å². The predicted molar refractivity (Wildman–Crippen MR) is 131 cm³/mol. The van der Waals surface area contributed by atoms with Gasteiger partial charge >= 0.3 is 6.29 Å². The summed E-state index contributed by atoms with van der Waals surface area (Å²) in [6.07, 6.45) is -14.4. The van der Waals surface area contributed by atoms with Crippen LogP contribution in [0.3, 0.4) is 0 Å². The Morgan fingerprint density at radius 2 is 2.00 bits per heavy atom. The number of nitrogens with zero attached hydrogens (tertiary/aromatic N) is 1. The Hall–Kier alpha value is -3.04. The van der Waals surface area contributed by atoms with Crippen LogP contribution in [-0.4, -0.2) is 39.6 Å². The Morgan fingerprint density at radius 1 is 1.27 bits per heavy atom. The lowest BCUT2D eigenvalue weighted by molar-refractivity contribution is -0.286. The smallest absolute Gasteiger partial charge is 0.395 e. The summed E-state index contributed by atoms with van der Waals surface area (Å²) in [5.41, 5.74) is -5.62. The van der Waals surface area contributed by atoms with Gasteiger partial charge in [0.15, 0.2) is 11.5 Å². The number of halogens is 3. The second kappa shape index (κ2) is 8.77. The summed E-state index contributed by atoms with van der Waals surface area (Å²) < 4.78 is 128. The molecule has 1 aliphatic carbocycles. The van der Waals surface area contributed by atoms with Crippen LogP contribution in [0, 0.1) is 5.82 Å². The number of ether oxygens (including phenoxy) is 2. The first-order valence-corrected chi connectivity index (χ1v) is 11.4. The molecule has 2 aromatic carbocycles. The van der Waals surface area contributed by atoms with Crippen LogP contribution in [0.5, 0.6) is 11.5 Å². The van der Waals surface area contributed by atoms with Gasteiger partial charge in [-0.15, -0.1) is 8.78 Å². The van der Waals surface area contributed by atoms with Crippen molar-refractivity contribution in [3.8, 4) is 11.5 Å². The van der Waals surface area contributed by atoms with E-state index in [1.165, 1.54) is 10.6 Å². The van der Waals surface area contributed by atoms with E-state index in [2.05, 4.69) is 9.47 Å². The number of hydrogen-bond acceptors (Lipinski definition) is 5. The molecule has 5 rings (SSSR count). The van der Waals surface area contributed by atoms with Gasteiger partial charge in [-0.1, -0.05) is 26.8 Å². The Balaban J connectivity index is 1.63. The van der Waals surface area contributed by atoms with E-state index in [4.69, 9.17) is 12.3 Å². The van der Waals surface area contributed by atoms with Crippen molar-refractivity contribution in [1.82, 2.24) is 4.57 Å². The van der Waals surface area contributed by atoms with Gasteiger partial charge < -0.3 is 24.3 Å². The van der Waals surface area contributed by atoms with Gasteiger partial charge in [-0.25, -0.2) is 4.39 Å². The van der Waals surface area contributed by atoms with Crippen molar-refractivity contribution >= 4 is 16.7 Å². The lowest BCUT2D eigenvalue weighted by Crippen LogP contribution is -2.26. The van der Waals surface area contributed by atoms with Gasteiger partial charge in [0, 0.05) is 35.3 Å². The minimum Gasteiger partial charge on any atom is -0.395 e. The lowest BCUT2D eigenvalue weighted by Gasteiger charge is -2.26. The molecule has 1 aliphatic heterocycles. The topological polar surface area (TPSA) is 80.9 Å². The van der Waals surface area contributed by atoms with Crippen LogP contribution in [0.25, 0.3) is 10.9 Å². The van der Waals surface area contributed by atoms with Crippen molar-refractivity contribution in [3.63, 3.8) is 0 Å². The van der Waals surface area contributed by atoms with Crippen LogP contribution in [0.4, 0.5) is 13.2 Å². The Labute approximate surface area is 225 Å². The van der Waals surface area contributed by atoms with Crippen LogP contribution < -0.4 is 9.47 Å². The first kappa shape index (κ1) is 16.7. The average molecular weight is 527 g/mol. The van der Waals surface area contributed by atoms with Crippen molar-refractivity contribution < 1.29 is 50.0 Å². The van der Waals surface area contributed by atoms with E-state index in [9.17, 15) is 23.8 Å². The number of Topliss-reactive ketones (excluding diaryl/α,β-unsaturated/α-hetero) is 1. The fourth-order valence-corrected chi connectivity index (χ4v) is 4.47. The summed E-state index contributed by atoms with van der Waals surface area (Å²) in [6, 6.07) is 6.25. The molecule has 0 radical (unpaired) electrons. The fraction of sp³-hybridized carbons (Fsp3) is 0.464. The highest BCUT2D eigenvalue weighted by molar-refractivity contribution is 5.95. The molecule has 2 heterocycles. The standard InChI is InChI=1S/C28H30F3NO5/c1-4-26(2,3)24-10-17-9-16(20(29)13-21(17)32(24)14-19(34)15-33)11-25(35)27(7-8-27)18-5-6-22-23(12-18)37-28(30,31)36-22/h5-6,9-10,12-13,19,33-34H,4,7-8,11,14-15H2,1-3H3/t19-/m1/s1/i2D3,4D2,7D2,8D2/t19-,26?. The summed E-state index contributed by atoms with van der Waals surface area (Å²) in [5, 5.41) is 19.8. The van der Waals surface area contributed by atoms with Crippen LogP contribution in [0.1, 0.15) is 69.0 Å². The summed E-state index contributed by atoms with van der Waals surface area (Å²) in [7, 11) is 0. The minimum absolute atomic E-state index is 0.000539. The molecule has 0 saturated heterocycles. The number of aliphatic hydroxyl groups excluding tert-OH is 2. The van der Waals surface area contributed by atoms with Crippen LogP contribution in [-0.2, 0) is 28.6 Å². The highest BCUT2D eigenvalue weighted by atomic mass is 19.3. The molecule has 1 unspecified atom stereocenters. The van der Waals surface area contributed by atoms with Gasteiger partial charge in [-0.3, -0.25) is 4.79 Å². The largest absolute Gasteiger partial charge is 0.586 e. The molecule has 6 nitrogen and oxygen atoms in total. The molecule has 1 aromatic heterocycles. The number of alkyl halides is 2. The first-order valence-electron chi connectivity index (χ1n) is 15.9. The number of hydrogen-bond donors (Lipinski definition) is 2. The van der Waals surface area contributed by atoms with E-state index in [0.717, 1.165) is 44.2 Å². The van der Waals surface area contributed by atoms with Gasteiger partial charge in [0.25, 0.3) is 0 Å². The Kier molecular flexibility index (Phi) is 3.97. The maximum atomic E-state index is 15.7. The third kappa shape index (κ3) is 4.48. The molecule has 0 bridgehead atoms. The molecule has 37 heavy (non-hydrogen) atoms. The number of rotatable bonds is 9. The van der Waals surface area contributed by atoms with Crippen molar-refractivity contribution in [3.05, 3.63) is 59.0 Å². The molecule has 3 aromatic rings. The quantitative estimate of drug-likeness (QED) is 0.411. The van der Waals surface area contributed by atoms with E-state index >= 15 is 4.39 Å². The fourth-order valence-electron chi connectivity index (χ4n) is 4.47. The van der Waals surface area contributed by atoms with Crippen LogP contribution in [0.2, 0.25) is 0 Å². The van der Waals surface area contributed by atoms with E-state index in [-0.39, 0.29) is 27.7 Å². The summed E-state index contributed by atoms with van der Waals surface area (Å²) >= 11 is 0. The maximum absolute atomic E-state index is 15.7. The second-order valence-electron chi connectivity index (χ2n) is 9.28. The third-order valence-electron chi connectivity index (χ3n) is 6.66. The van der Waals surface area contributed by atoms with Crippen LogP contribution >= 0.6 is 0 Å². The SMILES string of the molecule is [2H]C([2H])([2H])C(C)(c1cc2cc(CC(=O)C3(c4ccc5c(c4)OC(F)(F)O5)C([2H])([2H])C3([2H])[2H])c(F)cc2n1C[C@@H](O)CO)C([2H])([2H])C. The maximum Gasteiger partial charge on any atom is 0.586 e. The zero-order valence-electron chi connectivity index (χ0n) is 28.9. The molecule has 2 N–H and O–H groups in total. The number of fused-ring (bicyclic) bond motifs is 2. The summed E-state index contributed by atoms with van der Waals surface area (Å²) in [6.45, 7) is -1.94. The van der Waals surface area contributed by atoms with Crippen molar-refractivity contribution in [2.24, 2.45) is 0 Å². The number of carbonyl (C=O) groups is 1. The van der Waals surface area contributed by atoms with E-state index in [1.54, 1.807) is 0 Å². The molecule has 0 spiro atoms. The van der Waals surface area contributed by atoms with Gasteiger partial charge in [0.05, 0.1) is 30.2 Å². The molecule has 1 fully saturated rings. The molecule has 0 amide bonds. The van der Waals surface area contributed by atoms with E-state index in [0.29, 0.717) is 0 Å². The molecular weight excluding hydrogens is 487 g/mol.